The van der Waals surface area contributed by atoms with Gasteiger partial charge in [0.05, 0.1) is 6.10 Å². The Labute approximate surface area is 187 Å². The van der Waals surface area contributed by atoms with Crippen LogP contribution in [0.4, 0.5) is 16.2 Å². The van der Waals surface area contributed by atoms with Crippen molar-refractivity contribution in [1.29, 1.82) is 0 Å². The molecule has 5 N–H and O–H groups in total. The maximum atomic E-state index is 12.5. The van der Waals surface area contributed by atoms with Crippen LogP contribution in [0.15, 0.2) is 48.5 Å². The van der Waals surface area contributed by atoms with Crippen LogP contribution in [-0.4, -0.2) is 71.9 Å². The van der Waals surface area contributed by atoms with Gasteiger partial charge in [0.25, 0.3) is 0 Å². The molecule has 3 rings (SSSR count). The Morgan fingerprint density at radius 1 is 1.00 bits per heavy atom. The molecule has 168 valence electrons. The number of benzene rings is 2. The molecule has 0 aromatic heterocycles. The fraction of sp³-hybridized carbons (Fsp3) is 0.333. The normalized spacial score (nSPS) is 15.3. The highest BCUT2D eigenvalue weighted by atomic mass is 16.3. The largest absolute Gasteiger partial charge is 0.399 e. The molecule has 0 unspecified atom stereocenters. The predicted molar refractivity (Wildman–Crippen MR) is 123 cm³/mol. The van der Waals surface area contributed by atoms with Crippen LogP contribution in [0.3, 0.4) is 0 Å². The van der Waals surface area contributed by atoms with Gasteiger partial charge in [0.1, 0.15) is 12.6 Å². The van der Waals surface area contributed by atoms with Gasteiger partial charge in [0.15, 0.2) is 5.78 Å². The van der Waals surface area contributed by atoms with Gasteiger partial charge in [0, 0.05) is 48.7 Å². The lowest BCUT2D eigenvalue weighted by atomic mass is 10.1. The first-order valence-electron chi connectivity index (χ1n) is 10.5. The number of carbonyl (C=O) groups excluding carboxylic acids is 2. The molecular weight excluding hydrogens is 408 g/mol. The topological polar surface area (TPSA) is 119 Å². The Kier molecular flexibility index (Phi) is 7.71. The number of nitrogens with zero attached hydrogens (tertiary/aromatic N) is 2. The smallest absolute Gasteiger partial charge is 0.318 e. The van der Waals surface area contributed by atoms with Crippen LogP contribution in [0, 0.1) is 11.8 Å². The number of urea groups is 1. The van der Waals surface area contributed by atoms with Crippen molar-refractivity contribution in [3.63, 3.8) is 0 Å². The molecule has 0 bridgehead atoms. The van der Waals surface area contributed by atoms with Gasteiger partial charge in [-0.2, -0.15) is 0 Å². The molecule has 0 aliphatic carbocycles. The highest BCUT2D eigenvalue weighted by molar-refractivity contribution is 5.89. The summed E-state index contributed by atoms with van der Waals surface area (Å²) in [5, 5.41) is 21.2. The third-order valence-corrected chi connectivity index (χ3v) is 5.33. The minimum absolute atomic E-state index is 0.425. The minimum Gasteiger partial charge on any atom is -0.399 e. The van der Waals surface area contributed by atoms with Crippen LogP contribution >= 0.6 is 0 Å². The predicted octanol–water partition coefficient (Wildman–Crippen LogP) is 0.811. The number of amides is 2. The standard InChI is InChI=1S/C24H28N4O4/c1-17(30)23(22(31)16-29)26-24(32)28-14-12-27(13-15-28)21-10-6-19(7-11-21)3-2-18-4-8-20(25)9-5-18/h4-11,17,23,29-30H,12-16,25H2,1H3,(H,26,32)/t17-,23+/m0/s1. The number of nitrogens with two attached hydrogens (primary N) is 1. The number of aliphatic hydroxyl groups is 2. The molecule has 2 atom stereocenters. The second kappa shape index (κ2) is 10.7. The van der Waals surface area contributed by atoms with E-state index >= 15 is 0 Å². The van der Waals surface area contributed by atoms with E-state index in [9.17, 15) is 14.7 Å². The van der Waals surface area contributed by atoms with Gasteiger partial charge in [-0.15, -0.1) is 0 Å². The van der Waals surface area contributed by atoms with Gasteiger partial charge < -0.3 is 31.1 Å². The van der Waals surface area contributed by atoms with Crippen molar-refractivity contribution in [2.75, 3.05) is 43.4 Å². The van der Waals surface area contributed by atoms with Crippen LogP contribution in [-0.2, 0) is 4.79 Å². The molecular formula is C24H28N4O4. The summed E-state index contributed by atoms with van der Waals surface area (Å²) >= 11 is 0. The maximum Gasteiger partial charge on any atom is 0.318 e. The fourth-order valence-electron chi connectivity index (χ4n) is 3.43. The molecule has 0 spiro atoms. The van der Waals surface area contributed by atoms with E-state index in [2.05, 4.69) is 22.1 Å². The van der Waals surface area contributed by atoms with Crippen LogP contribution in [0.5, 0.6) is 0 Å². The average Bonchev–Trinajstić information content (AvgIpc) is 2.82. The van der Waals surface area contributed by atoms with Crippen molar-refractivity contribution in [3.8, 4) is 11.8 Å². The fourth-order valence-corrected chi connectivity index (χ4v) is 3.43. The van der Waals surface area contributed by atoms with E-state index in [1.165, 1.54) is 6.92 Å². The summed E-state index contributed by atoms with van der Waals surface area (Å²) in [4.78, 5) is 27.9. The van der Waals surface area contributed by atoms with Gasteiger partial charge in [0.2, 0.25) is 0 Å². The van der Waals surface area contributed by atoms with Crippen molar-refractivity contribution in [2.24, 2.45) is 0 Å². The summed E-state index contributed by atoms with van der Waals surface area (Å²) in [7, 11) is 0. The van der Waals surface area contributed by atoms with Crippen LogP contribution in [0.1, 0.15) is 18.1 Å². The third kappa shape index (κ3) is 6.00. The SMILES string of the molecule is C[C@H](O)[C@@H](NC(=O)N1CCN(c2ccc(C#Cc3ccc(N)cc3)cc2)CC1)C(=O)CO. The molecule has 0 radical (unpaired) electrons. The maximum absolute atomic E-state index is 12.5. The lowest BCUT2D eigenvalue weighted by Crippen LogP contribution is -2.57. The summed E-state index contributed by atoms with van der Waals surface area (Å²) in [6.07, 6.45) is -1.08. The van der Waals surface area contributed by atoms with E-state index in [1.807, 2.05) is 48.5 Å². The molecule has 2 amide bonds. The van der Waals surface area contributed by atoms with Gasteiger partial charge in [-0.05, 0) is 55.5 Å². The summed E-state index contributed by atoms with van der Waals surface area (Å²) in [6, 6.07) is 13.8. The summed E-state index contributed by atoms with van der Waals surface area (Å²) in [6.45, 7) is 2.90. The van der Waals surface area contributed by atoms with E-state index in [0.29, 0.717) is 31.9 Å². The number of ketones is 1. The van der Waals surface area contributed by atoms with E-state index in [1.54, 1.807) is 4.90 Å². The molecule has 2 aromatic carbocycles. The van der Waals surface area contributed by atoms with Gasteiger partial charge in [-0.1, -0.05) is 11.8 Å². The van der Waals surface area contributed by atoms with Crippen LogP contribution < -0.4 is 16.0 Å². The highest BCUT2D eigenvalue weighted by Crippen LogP contribution is 2.17. The molecule has 2 aromatic rings. The zero-order valence-corrected chi connectivity index (χ0v) is 18.0. The van der Waals surface area contributed by atoms with Crippen molar-refractivity contribution >= 4 is 23.2 Å². The van der Waals surface area contributed by atoms with Crippen molar-refractivity contribution < 1.29 is 19.8 Å². The number of carbonyl (C=O) groups is 2. The first kappa shape index (κ1) is 23.1. The van der Waals surface area contributed by atoms with E-state index < -0.39 is 30.6 Å². The summed E-state index contributed by atoms with van der Waals surface area (Å²) in [5.41, 5.74) is 9.24. The second-order valence-electron chi connectivity index (χ2n) is 7.69. The van der Waals surface area contributed by atoms with Gasteiger partial charge >= 0.3 is 6.03 Å². The Balaban J connectivity index is 1.54. The molecule has 1 heterocycles. The van der Waals surface area contributed by atoms with E-state index in [0.717, 1.165) is 16.8 Å². The third-order valence-electron chi connectivity index (χ3n) is 5.33. The lowest BCUT2D eigenvalue weighted by Gasteiger charge is -2.36. The molecule has 1 aliphatic rings. The number of aliphatic hydroxyl groups excluding tert-OH is 2. The summed E-state index contributed by atoms with van der Waals surface area (Å²) < 4.78 is 0. The Morgan fingerprint density at radius 3 is 2.03 bits per heavy atom. The number of hydrogen-bond donors (Lipinski definition) is 4. The Bertz CT molecular complexity index is 985. The zero-order valence-electron chi connectivity index (χ0n) is 18.0. The number of rotatable bonds is 5. The molecule has 1 aliphatic heterocycles. The molecule has 1 saturated heterocycles. The van der Waals surface area contributed by atoms with Gasteiger partial charge in [-0.3, -0.25) is 4.79 Å². The quantitative estimate of drug-likeness (QED) is 0.407. The molecule has 8 heteroatoms. The monoisotopic (exact) mass is 436 g/mol. The number of nitrogens with one attached hydrogen (secondary N) is 1. The lowest BCUT2D eigenvalue weighted by molar-refractivity contribution is -0.125. The number of anilines is 2. The molecule has 1 fully saturated rings. The van der Waals surface area contributed by atoms with E-state index in [-0.39, 0.29) is 0 Å². The molecule has 8 nitrogen and oxygen atoms in total. The minimum atomic E-state index is -1.12. The highest BCUT2D eigenvalue weighted by Gasteiger charge is 2.28. The first-order chi connectivity index (χ1) is 15.4. The Morgan fingerprint density at radius 2 is 1.53 bits per heavy atom. The number of hydrogen-bond acceptors (Lipinski definition) is 6. The summed E-state index contributed by atoms with van der Waals surface area (Å²) in [5.74, 6) is 5.63. The van der Waals surface area contributed by atoms with Gasteiger partial charge in [-0.25, -0.2) is 4.79 Å². The molecule has 0 saturated carbocycles. The van der Waals surface area contributed by atoms with Crippen molar-refractivity contribution in [3.05, 3.63) is 59.7 Å². The van der Waals surface area contributed by atoms with Crippen molar-refractivity contribution in [2.45, 2.75) is 19.1 Å². The van der Waals surface area contributed by atoms with Crippen molar-refractivity contribution in [1.82, 2.24) is 10.2 Å². The molecule has 32 heavy (non-hydrogen) atoms. The number of Topliss-reactive ketones (excluding diaryl/α,β-unsaturated/α-hetero) is 1. The van der Waals surface area contributed by atoms with Crippen LogP contribution in [0.2, 0.25) is 0 Å². The first-order valence-corrected chi connectivity index (χ1v) is 10.5. The Hall–Kier alpha value is -3.54. The average molecular weight is 437 g/mol. The number of nitrogen functional groups attached to an aromatic ring is 1. The number of piperazine rings is 1. The van der Waals surface area contributed by atoms with E-state index in [4.69, 9.17) is 10.8 Å². The second-order valence-corrected chi connectivity index (χ2v) is 7.69. The zero-order chi connectivity index (χ0) is 23.1. The van der Waals surface area contributed by atoms with Crippen LogP contribution in [0.25, 0.3) is 0 Å².